The molecule has 23 heavy (non-hydrogen) atoms. The zero-order valence-corrected chi connectivity index (χ0v) is 12.9. The van der Waals surface area contributed by atoms with Gasteiger partial charge >= 0.3 is 0 Å². The molecule has 0 aromatic heterocycles. The van der Waals surface area contributed by atoms with Gasteiger partial charge in [0.2, 0.25) is 5.91 Å². The first-order valence-corrected chi connectivity index (χ1v) is 7.93. The number of amides is 2. The molecule has 118 valence electrons. The minimum Gasteiger partial charge on any atom is -0.343 e. The maximum Gasteiger partial charge on any atom is 0.251 e. The number of nitrogens with zero attached hydrogens (tertiary/aromatic N) is 1. The molecule has 0 aliphatic carbocycles. The standard InChI is InChI=1S/C19H20N2O2/c22-18(14-20-19(23)16-10-5-2-6-11-16)21-13-7-12-17(21)15-8-3-1-4-9-15/h1-6,8-11,17H,7,12-14H2,(H,20,23)/t17-/m0/s1. The summed E-state index contributed by atoms with van der Waals surface area (Å²) in [6.45, 7) is 0.788. The van der Waals surface area contributed by atoms with Crippen LogP contribution < -0.4 is 5.32 Å². The van der Waals surface area contributed by atoms with Gasteiger partial charge < -0.3 is 10.2 Å². The van der Waals surface area contributed by atoms with Crippen molar-refractivity contribution in [3.63, 3.8) is 0 Å². The summed E-state index contributed by atoms with van der Waals surface area (Å²) < 4.78 is 0. The van der Waals surface area contributed by atoms with Gasteiger partial charge in [0.15, 0.2) is 0 Å². The van der Waals surface area contributed by atoms with Crippen molar-refractivity contribution in [1.82, 2.24) is 10.2 Å². The largest absolute Gasteiger partial charge is 0.343 e. The Morgan fingerprint density at radius 1 is 1.00 bits per heavy atom. The molecule has 1 heterocycles. The van der Waals surface area contributed by atoms with Crippen molar-refractivity contribution in [2.24, 2.45) is 0 Å². The summed E-state index contributed by atoms with van der Waals surface area (Å²) in [5.41, 5.74) is 1.73. The normalized spacial score (nSPS) is 17.0. The third-order valence-electron chi connectivity index (χ3n) is 4.19. The lowest BCUT2D eigenvalue weighted by molar-refractivity contribution is -0.131. The molecule has 2 aromatic rings. The zero-order chi connectivity index (χ0) is 16.1. The van der Waals surface area contributed by atoms with Gasteiger partial charge in [0, 0.05) is 12.1 Å². The van der Waals surface area contributed by atoms with Crippen LogP contribution in [0, 0.1) is 0 Å². The van der Waals surface area contributed by atoms with Gasteiger partial charge in [-0.05, 0) is 30.5 Å². The number of benzene rings is 2. The predicted molar refractivity (Wildman–Crippen MR) is 88.9 cm³/mol. The van der Waals surface area contributed by atoms with E-state index in [1.165, 1.54) is 0 Å². The molecule has 0 radical (unpaired) electrons. The molecule has 4 nitrogen and oxygen atoms in total. The molecule has 0 unspecified atom stereocenters. The minimum atomic E-state index is -0.214. The van der Waals surface area contributed by atoms with Crippen LogP contribution >= 0.6 is 0 Å². The summed E-state index contributed by atoms with van der Waals surface area (Å²) in [4.78, 5) is 26.4. The van der Waals surface area contributed by atoms with Crippen LogP contribution in [0.15, 0.2) is 60.7 Å². The number of rotatable bonds is 4. The first kappa shape index (κ1) is 15.3. The average Bonchev–Trinajstić information content (AvgIpc) is 3.11. The second kappa shape index (κ2) is 7.09. The van der Waals surface area contributed by atoms with Gasteiger partial charge in [-0.15, -0.1) is 0 Å². The second-order valence-electron chi connectivity index (χ2n) is 5.70. The van der Waals surface area contributed by atoms with E-state index in [-0.39, 0.29) is 24.4 Å². The SMILES string of the molecule is O=C(NCC(=O)N1CCC[C@H]1c1ccccc1)c1ccccc1. The van der Waals surface area contributed by atoms with Crippen molar-refractivity contribution in [3.8, 4) is 0 Å². The van der Waals surface area contributed by atoms with Gasteiger partial charge in [-0.3, -0.25) is 9.59 Å². The second-order valence-corrected chi connectivity index (χ2v) is 5.70. The molecule has 1 aliphatic rings. The Kier molecular flexibility index (Phi) is 4.71. The lowest BCUT2D eigenvalue weighted by Crippen LogP contribution is -2.39. The molecule has 0 bridgehead atoms. The fraction of sp³-hybridized carbons (Fsp3) is 0.263. The van der Waals surface area contributed by atoms with Crippen LogP contribution in [0.2, 0.25) is 0 Å². The summed E-state index contributed by atoms with van der Waals surface area (Å²) >= 11 is 0. The maximum atomic E-state index is 12.5. The Bertz CT molecular complexity index is 670. The van der Waals surface area contributed by atoms with Crippen LogP contribution in [-0.4, -0.2) is 29.8 Å². The maximum absolute atomic E-state index is 12.5. The van der Waals surface area contributed by atoms with Crippen LogP contribution in [0.5, 0.6) is 0 Å². The average molecular weight is 308 g/mol. The van der Waals surface area contributed by atoms with Crippen LogP contribution in [-0.2, 0) is 4.79 Å². The summed E-state index contributed by atoms with van der Waals surface area (Å²) in [5, 5.41) is 2.72. The summed E-state index contributed by atoms with van der Waals surface area (Å²) in [6, 6.07) is 19.1. The third kappa shape index (κ3) is 3.59. The first-order valence-electron chi connectivity index (χ1n) is 7.93. The van der Waals surface area contributed by atoms with Crippen molar-refractivity contribution < 1.29 is 9.59 Å². The van der Waals surface area contributed by atoms with E-state index in [9.17, 15) is 9.59 Å². The van der Waals surface area contributed by atoms with Crippen LogP contribution in [0.4, 0.5) is 0 Å². The molecule has 1 N–H and O–H groups in total. The van der Waals surface area contributed by atoms with Crippen LogP contribution in [0.1, 0.15) is 34.8 Å². The highest BCUT2D eigenvalue weighted by Gasteiger charge is 2.29. The lowest BCUT2D eigenvalue weighted by Gasteiger charge is -2.25. The predicted octanol–water partition coefficient (Wildman–Crippen LogP) is 2.78. The number of hydrogen-bond acceptors (Lipinski definition) is 2. The van der Waals surface area contributed by atoms with E-state index < -0.39 is 0 Å². The van der Waals surface area contributed by atoms with Crippen molar-refractivity contribution in [1.29, 1.82) is 0 Å². The highest BCUT2D eigenvalue weighted by atomic mass is 16.2. The van der Waals surface area contributed by atoms with E-state index >= 15 is 0 Å². The molecule has 1 saturated heterocycles. The Labute approximate surface area is 136 Å². The summed E-state index contributed by atoms with van der Waals surface area (Å²) in [5.74, 6) is -0.241. The monoisotopic (exact) mass is 308 g/mol. The molecule has 2 aromatic carbocycles. The van der Waals surface area contributed by atoms with E-state index in [1.54, 1.807) is 12.1 Å². The Hall–Kier alpha value is -2.62. The Morgan fingerprint density at radius 2 is 1.65 bits per heavy atom. The smallest absolute Gasteiger partial charge is 0.251 e. The van der Waals surface area contributed by atoms with Crippen LogP contribution in [0.25, 0.3) is 0 Å². The minimum absolute atomic E-state index is 0.0272. The quantitative estimate of drug-likeness (QED) is 0.944. The topological polar surface area (TPSA) is 49.4 Å². The van der Waals surface area contributed by atoms with Gasteiger partial charge in [0.1, 0.15) is 0 Å². The van der Waals surface area contributed by atoms with E-state index in [0.29, 0.717) is 5.56 Å². The Balaban J connectivity index is 1.60. The molecular formula is C19H20N2O2. The Morgan fingerprint density at radius 3 is 2.35 bits per heavy atom. The molecule has 0 spiro atoms. The van der Waals surface area contributed by atoms with Crippen molar-refractivity contribution in [2.45, 2.75) is 18.9 Å². The molecule has 4 heteroatoms. The van der Waals surface area contributed by atoms with Crippen molar-refractivity contribution in [3.05, 3.63) is 71.8 Å². The third-order valence-corrected chi connectivity index (χ3v) is 4.19. The van der Waals surface area contributed by atoms with Crippen LogP contribution in [0.3, 0.4) is 0 Å². The van der Waals surface area contributed by atoms with Gasteiger partial charge in [-0.25, -0.2) is 0 Å². The van der Waals surface area contributed by atoms with Gasteiger partial charge in [-0.1, -0.05) is 48.5 Å². The number of likely N-dealkylation sites (tertiary alicyclic amines) is 1. The molecule has 3 rings (SSSR count). The molecular weight excluding hydrogens is 288 g/mol. The highest BCUT2D eigenvalue weighted by molar-refractivity contribution is 5.96. The number of carbonyl (C=O) groups is 2. The van der Waals surface area contributed by atoms with E-state index in [1.807, 2.05) is 41.3 Å². The summed E-state index contributed by atoms with van der Waals surface area (Å²) in [6.07, 6.45) is 1.97. The van der Waals surface area contributed by atoms with Gasteiger partial charge in [0.05, 0.1) is 12.6 Å². The number of nitrogens with one attached hydrogen (secondary N) is 1. The van der Waals surface area contributed by atoms with E-state index in [4.69, 9.17) is 0 Å². The lowest BCUT2D eigenvalue weighted by atomic mass is 10.0. The highest BCUT2D eigenvalue weighted by Crippen LogP contribution is 2.31. The van der Waals surface area contributed by atoms with E-state index in [2.05, 4.69) is 17.4 Å². The molecule has 1 fully saturated rings. The molecule has 1 atom stereocenters. The van der Waals surface area contributed by atoms with Gasteiger partial charge in [-0.2, -0.15) is 0 Å². The van der Waals surface area contributed by atoms with Gasteiger partial charge in [0.25, 0.3) is 5.91 Å². The van der Waals surface area contributed by atoms with Crippen molar-refractivity contribution in [2.75, 3.05) is 13.1 Å². The summed E-state index contributed by atoms with van der Waals surface area (Å²) in [7, 11) is 0. The van der Waals surface area contributed by atoms with E-state index in [0.717, 1.165) is 24.9 Å². The molecule has 2 amide bonds. The number of hydrogen-bond donors (Lipinski definition) is 1. The fourth-order valence-electron chi connectivity index (χ4n) is 3.04. The van der Waals surface area contributed by atoms with Crippen molar-refractivity contribution >= 4 is 11.8 Å². The first-order chi connectivity index (χ1) is 11.3. The fourth-order valence-corrected chi connectivity index (χ4v) is 3.04. The zero-order valence-electron chi connectivity index (χ0n) is 12.9. The number of carbonyl (C=O) groups excluding carboxylic acids is 2. The molecule has 0 saturated carbocycles. The molecule has 1 aliphatic heterocycles.